The van der Waals surface area contributed by atoms with Crippen molar-refractivity contribution in [3.63, 3.8) is 0 Å². The number of hydrogen-bond donors (Lipinski definition) is 2. The number of aromatic hydroxyl groups is 1. The second-order valence-electron chi connectivity index (χ2n) is 2.72. The molecule has 0 fully saturated rings. The van der Waals surface area contributed by atoms with Crippen molar-refractivity contribution in [1.82, 2.24) is 0 Å². The van der Waals surface area contributed by atoms with E-state index >= 15 is 0 Å². The van der Waals surface area contributed by atoms with Crippen molar-refractivity contribution >= 4 is 28.5 Å². The minimum absolute atomic E-state index is 0.0729. The molecule has 0 aliphatic heterocycles. The Kier molecular flexibility index (Phi) is 3.12. The van der Waals surface area contributed by atoms with Gasteiger partial charge in [-0.25, -0.2) is 0 Å². The van der Waals surface area contributed by atoms with Crippen LogP contribution in [0.4, 0.5) is 13.2 Å². The summed E-state index contributed by atoms with van der Waals surface area (Å²) < 4.78 is 36.8. The molecule has 0 bridgehead atoms. The van der Waals surface area contributed by atoms with Crippen LogP contribution in [-0.2, 0) is 6.18 Å². The third-order valence-electron chi connectivity index (χ3n) is 1.66. The van der Waals surface area contributed by atoms with Crippen molar-refractivity contribution in [2.24, 2.45) is 5.73 Å². The number of carbonyl (C=O) groups excluding carboxylic acids is 1. The van der Waals surface area contributed by atoms with Crippen LogP contribution in [0, 0.1) is 3.57 Å². The summed E-state index contributed by atoms with van der Waals surface area (Å²) >= 11 is 1.49. The molecule has 0 heterocycles. The summed E-state index contributed by atoms with van der Waals surface area (Å²) in [4.78, 5) is 10.7. The van der Waals surface area contributed by atoms with Gasteiger partial charge in [-0.15, -0.1) is 0 Å². The van der Waals surface area contributed by atoms with E-state index in [0.717, 1.165) is 6.07 Å². The Morgan fingerprint density at radius 1 is 1.40 bits per heavy atom. The van der Waals surface area contributed by atoms with Crippen LogP contribution in [0.25, 0.3) is 0 Å². The number of primary amides is 1. The lowest BCUT2D eigenvalue weighted by Gasteiger charge is -2.10. The summed E-state index contributed by atoms with van der Waals surface area (Å²) in [6.45, 7) is 0. The first-order chi connectivity index (χ1) is 6.73. The number of carbonyl (C=O) groups is 1. The van der Waals surface area contributed by atoms with E-state index in [9.17, 15) is 23.1 Å². The number of benzene rings is 1. The quantitative estimate of drug-likeness (QED) is 0.775. The molecule has 0 radical (unpaired) electrons. The van der Waals surface area contributed by atoms with E-state index in [0.29, 0.717) is 6.07 Å². The molecule has 0 atom stereocenters. The zero-order valence-corrected chi connectivity index (χ0v) is 9.26. The first-order valence-corrected chi connectivity index (χ1v) is 4.71. The Hall–Kier alpha value is -0.990. The fourth-order valence-electron chi connectivity index (χ4n) is 0.951. The highest BCUT2D eigenvalue weighted by Gasteiger charge is 2.32. The van der Waals surface area contributed by atoms with Gasteiger partial charge in [-0.3, -0.25) is 4.79 Å². The first kappa shape index (κ1) is 12.1. The largest absolute Gasteiger partial charge is 0.506 e. The smallest absolute Gasteiger partial charge is 0.416 e. The van der Waals surface area contributed by atoms with Gasteiger partial charge >= 0.3 is 6.18 Å². The average molecular weight is 331 g/mol. The maximum Gasteiger partial charge on any atom is 0.416 e. The molecule has 0 saturated carbocycles. The van der Waals surface area contributed by atoms with Gasteiger partial charge in [0.05, 0.1) is 14.7 Å². The molecule has 3 N–H and O–H groups in total. The molecule has 15 heavy (non-hydrogen) atoms. The highest BCUT2D eigenvalue weighted by Crippen LogP contribution is 2.34. The zero-order chi connectivity index (χ0) is 11.8. The van der Waals surface area contributed by atoms with Crippen molar-refractivity contribution < 1.29 is 23.1 Å². The second kappa shape index (κ2) is 3.87. The number of hydrogen-bond acceptors (Lipinski definition) is 2. The van der Waals surface area contributed by atoms with E-state index in [2.05, 4.69) is 0 Å². The third-order valence-corrected chi connectivity index (χ3v) is 2.48. The van der Waals surface area contributed by atoms with Gasteiger partial charge < -0.3 is 10.8 Å². The summed E-state index contributed by atoms with van der Waals surface area (Å²) in [6, 6.07) is 1.27. The van der Waals surface area contributed by atoms with E-state index in [1.165, 1.54) is 22.6 Å². The molecule has 0 unspecified atom stereocenters. The highest BCUT2D eigenvalue weighted by molar-refractivity contribution is 14.1. The number of rotatable bonds is 1. The van der Waals surface area contributed by atoms with Crippen LogP contribution in [0.5, 0.6) is 5.75 Å². The lowest BCUT2D eigenvalue weighted by molar-refractivity contribution is -0.137. The highest BCUT2D eigenvalue weighted by atomic mass is 127. The van der Waals surface area contributed by atoms with Gasteiger partial charge in [-0.05, 0) is 34.7 Å². The van der Waals surface area contributed by atoms with Crippen LogP contribution in [0.1, 0.15) is 15.9 Å². The fourth-order valence-corrected chi connectivity index (χ4v) is 1.58. The minimum atomic E-state index is -4.57. The maximum absolute atomic E-state index is 12.3. The summed E-state index contributed by atoms with van der Waals surface area (Å²) in [5, 5.41) is 9.28. The number of phenols is 1. The molecule has 0 spiro atoms. The second-order valence-corrected chi connectivity index (χ2v) is 3.88. The van der Waals surface area contributed by atoms with Crippen LogP contribution in [-0.4, -0.2) is 11.0 Å². The number of amides is 1. The zero-order valence-electron chi connectivity index (χ0n) is 7.10. The van der Waals surface area contributed by atoms with Gasteiger partial charge in [0.15, 0.2) is 0 Å². The van der Waals surface area contributed by atoms with E-state index in [1.54, 1.807) is 0 Å². The standard InChI is InChI=1S/C8H5F3INO2/c9-8(10,11)3-1-4(7(13)15)6(14)5(12)2-3/h1-2,14H,(H2,13,15). The molecule has 1 rings (SSSR count). The first-order valence-electron chi connectivity index (χ1n) is 3.63. The normalized spacial score (nSPS) is 11.5. The Bertz CT molecular complexity index is 417. The number of alkyl halides is 3. The van der Waals surface area contributed by atoms with Crippen molar-refractivity contribution in [3.8, 4) is 5.75 Å². The van der Waals surface area contributed by atoms with Gasteiger partial charge in [-0.1, -0.05) is 0 Å². The summed E-state index contributed by atoms with van der Waals surface area (Å²) in [7, 11) is 0. The molecule has 0 aromatic heterocycles. The summed E-state index contributed by atoms with van der Waals surface area (Å²) in [6.07, 6.45) is -4.57. The van der Waals surface area contributed by atoms with E-state index in [1.807, 2.05) is 0 Å². The molecule has 7 heteroatoms. The van der Waals surface area contributed by atoms with Crippen LogP contribution in [0.3, 0.4) is 0 Å². The van der Waals surface area contributed by atoms with Gasteiger partial charge in [0.2, 0.25) is 0 Å². The SMILES string of the molecule is NC(=O)c1cc(C(F)(F)F)cc(I)c1O. The fraction of sp³-hybridized carbons (Fsp3) is 0.125. The Labute approximate surface area is 96.2 Å². The summed E-state index contributed by atoms with van der Waals surface area (Å²) in [5.74, 6) is -1.63. The molecule has 82 valence electrons. The lowest BCUT2D eigenvalue weighted by atomic mass is 10.1. The van der Waals surface area contributed by atoms with Crippen molar-refractivity contribution in [2.45, 2.75) is 6.18 Å². The molecular formula is C8H5F3INO2. The van der Waals surface area contributed by atoms with E-state index < -0.39 is 29.0 Å². The van der Waals surface area contributed by atoms with Crippen LogP contribution >= 0.6 is 22.6 Å². The molecule has 1 amide bonds. The monoisotopic (exact) mass is 331 g/mol. The average Bonchev–Trinajstić information content (AvgIpc) is 2.06. The maximum atomic E-state index is 12.3. The van der Waals surface area contributed by atoms with Crippen LogP contribution in [0.2, 0.25) is 0 Å². The molecule has 1 aromatic rings. The Balaban J connectivity index is 3.43. The number of halogens is 4. The summed E-state index contributed by atoms with van der Waals surface area (Å²) in [5.41, 5.74) is 3.28. The van der Waals surface area contributed by atoms with Crippen molar-refractivity contribution in [2.75, 3.05) is 0 Å². The van der Waals surface area contributed by atoms with Crippen molar-refractivity contribution in [1.29, 1.82) is 0 Å². The predicted molar refractivity (Wildman–Crippen MR) is 54.3 cm³/mol. The van der Waals surface area contributed by atoms with Crippen molar-refractivity contribution in [3.05, 3.63) is 26.8 Å². The topological polar surface area (TPSA) is 63.3 Å². The Morgan fingerprint density at radius 3 is 2.33 bits per heavy atom. The third kappa shape index (κ3) is 2.52. The minimum Gasteiger partial charge on any atom is -0.506 e. The van der Waals surface area contributed by atoms with Gasteiger partial charge in [-0.2, -0.15) is 13.2 Å². The molecule has 3 nitrogen and oxygen atoms in total. The number of nitrogens with two attached hydrogens (primary N) is 1. The van der Waals surface area contributed by atoms with Gasteiger partial charge in [0, 0.05) is 0 Å². The molecule has 0 aliphatic carbocycles. The molecular weight excluding hydrogens is 326 g/mol. The lowest BCUT2D eigenvalue weighted by Crippen LogP contribution is -2.14. The predicted octanol–water partition coefficient (Wildman–Crippen LogP) is 2.11. The molecule has 0 saturated heterocycles. The van der Waals surface area contributed by atoms with E-state index in [4.69, 9.17) is 5.73 Å². The van der Waals surface area contributed by atoms with E-state index in [-0.39, 0.29) is 3.57 Å². The molecule has 1 aromatic carbocycles. The van der Waals surface area contributed by atoms with Gasteiger partial charge in [0.1, 0.15) is 5.75 Å². The molecule has 0 aliphatic rings. The van der Waals surface area contributed by atoms with Gasteiger partial charge in [0.25, 0.3) is 5.91 Å². The van der Waals surface area contributed by atoms with Crippen LogP contribution in [0.15, 0.2) is 12.1 Å². The Morgan fingerprint density at radius 2 is 1.93 bits per heavy atom. The van der Waals surface area contributed by atoms with Crippen LogP contribution < -0.4 is 5.73 Å².